The Morgan fingerprint density at radius 1 is 1.21 bits per heavy atom. The molecule has 0 spiro atoms. The van der Waals surface area contributed by atoms with Gasteiger partial charge in [-0.25, -0.2) is 9.97 Å². The predicted molar refractivity (Wildman–Crippen MR) is 57.2 cm³/mol. The third-order valence-electron chi connectivity index (χ3n) is 1.88. The van der Waals surface area contributed by atoms with Crippen LogP contribution in [-0.2, 0) is 0 Å². The maximum Gasteiger partial charge on any atom is 0.159 e. The van der Waals surface area contributed by atoms with E-state index < -0.39 is 0 Å². The van der Waals surface area contributed by atoms with Gasteiger partial charge < -0.3 is 0 Å². The van der Waals surface area contributed by atoms with Crippen LogP contribution in [0.25, 0.3) is 11.4 Å². The summed E-state index contributed by atoms with van der Waals surface area (Å²) in [4.78, 5) is 8.50. The smallest absolute Gasteiger partial charge is 0.159 e. The first-order valence-electron chi connectivity index (χ1n) is 4.31. The van der Waals surface area contributed by atoms with Gasteiger partial charge in [0.15, 0.2) is 5.82 Å². The van der Waals surface area contributed by atoms with Crippen LogP contribution in [0.4, 0.5) is 0 Å². The topological polar surface area (TPSA) is 25.8 Å². The van der Waals surface area contributed by atoms with Crippen LogP contribution in [-0.4, -0.2) is 9.97 Å². The number of aromatic nitrogens is 2. The molecule has 1 heterocycles. The molecule has 0 saturated carbocycles. The minimum atomic E-state index is 0.701. The number of hydrogen-bond acceptors (Lipinski definition) is 2. The molecule has 0 aliphatic carbocycles. The highest BCUT2D eigenvalue weighted by Gasteiger charge is 2.00. The highest BCUT2D eigenvalue weighted by molar-refractivity contribution is 6.30. The Morgan fingerprint density at radius 2 is 2.07 bits per heavy atom. The van der Waals surface area contributed by atoms with E-state index in [1.54, 1.807) is 6.20 Å². The standard InChI is InChI=1S/C11H9ClN2/c1-8-5-6-13-11(14-8)9-3-2-4-10(12)7-9/h2-7H,1H3. The van der Waals surface area contributed by atoms with Crippen LogP contribution in [0.1, 0.15) is 5.69 Å². The van der Waals surface area contributed by atoms with E-state index in [1.165, 1.54) is 0 Å². The second kappa shape index (κ2) is 3.76. The summed E-state index contributed by atoms with van der Waals surface area (Å²) in [5, 5.41) is 0.701. The van der Waals surface area contributed by atoms with Gasteiger partial charge in [0.25, 0.3) is 0 Å². The van der Waals surface area contributed by atoms with Crippen molar-refractivity contribution in [1.82, 2.24) is 9.97 Å². The van der Waals surface area contributed by atoms with Crippen LogP contribution >= 0.6 is 11.6 Å². The molecule has 0 bridgehead atoms. The normalized spacial score (nSPS) is 10.1. The fourth-order valence-corrected chi connectivity index (χ4v) is 1.41. The molecule has 0 fully saturated rings. The molecule has 0 amide bonds. The molecule has 0 atom stereocenters. The second-order valence-electron chi connectivity index (χ2n) is 3.03. The average Bonchev–Trinajstić information content (AvgIpc) is 2.18. The maximum atomic E-state index is 5.88. The molecule has 2 rings (SSSR count). The predicted octanol–water partition coefficient (Wildman–Crippen LogP) is 3.11. The van der Waals surface area contributed by atoms with Gasteiger partial charge in [-0.3, -0.25) is 0 Å². The molecule has 3 heteroatoms. The quantitative estimate of drug-likeness (QED) is 0.714. The van der Waals surface area contributed by atoms with Crippen LogP contribution in [0.5, 0.6) is 0 Å². The fraction of sp³-hybridized carbons (Fsp3) is 0.0909. The van der Waals surface area contributed by atoms with Crippen molar-refractivity contribution in [3.63, 3.8) is 0 Å². The van der Waals surface area contributed by atoms with Crippen LogP contribution in [0, 0.1) is 6.92 Å². The van der Waals surface area contributed by atoms with Crippen LogP contribution in [0.3, 0.4) is 0 Å². The van der Waals surface area contributed by atoms with Gasteiger partial charge in [0, 0.05) is 22.5 Å². The van der Waals surface area contributed by atoms with E-state index in [2.05, 4.69) is 9.97 Å². The summed E-state index contributed by atoms with van der Waals surface area (Å²) < 4.78 is 0. The van der Waals surface area contributed by atoms with Crippen molar-refractivity contribution in [2.75, 3.05) is 0 Å². The summed E-state index contributed by atoms with van der Waals surface area (Å²) in [7, 11) is 0. The zero-order valence-electron chi connectivity index (χ0n) is 7.74. The van der Waals surface area contributed by atoms with Gasteiger partial charge in [0.2, 0.25) is 0 Å². The number of hydrogen-bond donors (Lipinski definition) is 0. The third-order valence-corrected chi connectivity index (χ3v) is 2.11. The van der Waals surface area contributed by atoms with E-state index in [9.17, 15) is 0 Å². The van der Waals surface area contributed by atoms with E-state index in [1.807, 2.05) is 37.3 Å². The molecule has 0 N–H and O–H groups in total. The van der Waals surface area contributed by atoms with Gasteiger partial charge in [0.1, 0.15) is 0 Å². The Balaban J connectivity index is 2.49. The highest BCUT2D eigenvalue weighted by Crippen LogP contribution is 2.18. The molecule has 0 unspecified atom stereocenters. The van der Waals surface area contributed by atoms with Gasteiger partial charge in [-0.15, -0.1) is 0 Å². The Labute approximate surface area is 87.6 Å². The maximum absolute atomic E-state index is 5.88. The van der Waals surface area contributed by atoms with Crippen molar-refractivity contribution in [2.45, 2.75) is 6.92 Å². The number of halogens is 1. The lowest BCUT2D eigenvalue weighted by molar-refractivity contribution is 1.11. The third kappa shape index (κ3) is 1.91. The van der Waals surface area contributed by atoms with Crippen LogP contribution in [0.2, 0.25) is 5.02 Å². The summed E-state index contributed by atoms with van der Waals surface area (Å²) in [5.74, 6) is 0.715. The Morgan fingerprint density at radius 3 is 2.79 bits per heavy atom. The van der Waals surface area contributed by atoms with Crippen molar-refractivity contribution >= 4 is 11.6 Å². The lowest BCUT2D eigenvalue weighted by Crippen LogP contribution is -1.89. The lowest BCUT2D eigenvalue weighted by Gasteiger charge is -2.00. The first kappa shape index (κ1) is 9.16. The zero-order chi connectivity index (χ0) is 9.97. The van der Waals surface area contributed by atoms with E-state index in [0.717, 1.165) is 11.3 Å². The average molecular weight is 205 g/mol. The lowest BCUT2D eigenvalue weighted by atomic mass is 10.2. The minimum absolute atomic E-state index is 0.701. The van der Waals surface area contributed by atoms with Gasteiger partial charge in [0.05, 0.1) is 0 Å². The molecule has 14 heavy (non-hydrogen) atoms. The zero-order valence-corrected chi connectivity index (χ0v) is 8.49. The Bertz CT molecular complexity index is 411. The van der Waals surface area contributed by atoms with Gasteiger partial charge in [-0.1, -0.05) is 23.7 Å². The molecular weight excluding hydrogens is 196 g/mol. The molecule has 0 radical (unpaired) electrons. The van der Waals surface area contributed by atoms with Gasteiger partial charge in [-0.05, 0) is 25.1 Å². The van der Waals surface area contributed by atoms with Crippen molar-refractivity contribution in [2.24, 2.45) is 0 Å². The van der Waals surface area contributed by atoms with E-state index >= 15 is 0 Å². The molecule has 2 nitrogen and oxygen atoms in total. The minimum Gasteiger partial charge on any atom is -0.237 e. The molecule has 1 aromatic heterocycles. The number of benzene rings is 1. The molecule has 0 aliphatic heterocycles. The summed E-state index contributed by atoms with van der Waals surface area (Å²) >= 11 is 5.88. The van der Waals surface area contributed by atoms with Crippen molar-refractivity contribution in [3.8, 4) is 11.4 Å². The Kier molecular flexibility index (Phi) is 2.46. The van der Waals surface area contributed by atoms with Crippen LogP contribution < -0.4 is 0 Å². The van der Waals surface area contributed by atoms with Crippen molar-refractivity contribution in [3.05, 3.63) is 47.2 Å². The van der Waals surface area contributed by atoms with Crippen molar-refractivity contribution in [1.29, 1.82) is 0 Å². The molecular formula is C11H9ClN2. The fourth-order valence-electron chi connectivity index (χ4n) is 1.22. The molecule has 1 aromatic carbocycles. The van der Waals surface area contributed by atoms with E-state index in [0.29, 0.717) is 10.8 Å². The largest absolute Gasteiger partial charge is 0.237 e. The first-order valence-corrected chi connectivity index (χ1v) is 4.69. The van der Waals surface area contributed by atoms with E-state index in [4.69, 9.17) is 11.6 Å². The van der Waals surface area contributed by atoms with Gasteiger partial charge in [-0.2, -0.15) is 0 Å². The molecule has 0 aliphatic rings. The van der Waals surface area contributed by atoms with Crippen LogP contribution in [0.15, 0.2) is 36.5 Å². The summed E-state index contributed by atoms with van der Waals surface area (Å²) in [6.07, 6.45) is 1.75. The molecule has 70 valence electrons. The van der Waals surface area contributed by atoms with Crippen molar-refractivity contribution < 1.29 is 0 Å². The SMILES string of the molecule is Cc1ccnc(-c2cccc(Cl)c2)n1. The number of aryl methyl sites for hydroxylation is 1. The van der Waals surface area contributed by atoms with Gasteiger partial charge >= 0.3 is 0 Å². The summed E-state index contributed by atoms with van der Waals surface area (Å²) in [6, 6.07) is 9.40. The Hall–Kier alpha value is -1.41. The van der Waals surface area contributed by atoms with E-state index in [-0.39, 0.29) is 0 Å². The summed E-state index contributed by atoms with van der Waals surface area (Å²) in [5.41, 5.74) is 1.90. The highest BCUT2D eigenvalue weighted by atomic mass is 35.5. The first-order chi connectivity index (χ1) is 6.75. The second-order valence-corrected chi connectivity index (χ2v) is 3.47. The number of nitrogens with zero attached hydrogens (tertiary/aromatic N) is 2. The molecule has 2 aromatic rings. The summed E-state index contributed by atoms with van der Waals surface area (Å²) in [6.45, 7) is 1.94. The monoisotopic (exact) mass is 204 g/mol. The number of rotatable bonds is 1. The molecule has 0 saturated heterocycles.